The van der Waals surface area contributed by atoms with Crippen molar-refractivity contribution in [3.05, 3.63) is 87.2 Å². The van der Waals surface area contributed by atoms with Crippen molar-refractivity contribution in [1.29, 1.82) is 0 Å². The van der Waals surface area contributed by atoms with E-state index in [4.69, 9.17) is 9.47 Å². The fourth-order valence-corrected chi connectivity index (χ4v) is 4.48. The molecular formula is C27H25BrN4O3S. The molecule has 0 saturated carbocycles. The fourth-order valence-electron chi connectivity index (χ4n) is 3.32. The number of hydrogen-bond acceptors (Lipinski definition) is 7. The Labute approximate surface area is 222 Å². The summed E-state index contributed by atoms with van der Waals surface area (Å²) in [5.74, 6) is 0.904. The number of aryl methyl sites for hydroxylation is 1. The zero-order valence-corrected chi connectivity index (χ0v) is 22.4. The lowest BCUT2D eigenvalue weighted by atomic mass is 10.1. The Morgan fingerprint density at radius 1 is 1.11 bits per heavy atom. The van der Waals surface area contributed by atoms with Crippen LogP contribution in [0.3, 0.4) is 0 Å². The molecule has 1 amide bonds. The number of rotatable bonds is 9. The van der Waals surface area contributed by atoms with Gasteiger partial charge in [-0.2, -0.15) is 5.10 Å². The number of anilines is 2. The van der Waals surface area contributed by atoms with E-state index in [1.165, 1.54) is 16.9 Å². The van der Waals surface area contributed by atoms with Crippen LogP contribution in [-0.4, -0.2) is 30.8 Å². The van der Waals surface area contributed by atoms with Gasteiger partial charge < -0.3 is 14.8 Å². The second-order valence-electron chi connectivity index (χ2n) is 7.76. The van der Waals surface area contributed by atoms with Gasteiger partial charge in [0.2, 0.25) is 0 Å². The second kappa shape index (κ2) is 11.8. The summed E-state index contributed by atoms with van der Waals surface area (Å²) < 4.78 is 11.7. The van der Waals surface area contributed by atoms with Crippen molar-refractivity contribution in [2.24, 2.45) is 5.10 Å². The summed E-state index contributed by atoms with van der Waals surface area (Å²) in [6.07, 6.45) is 1.55. The molecule has 1 heterocycles. The highest BCUT2D eigenvalue weighted by molar-refractivity contribution is 9.10. The van der Waals surface area contributed by atoms with E-state index in [2.05, 4.69) is 55.8 Å². The maximum atomic E-state index is 12.6. The first-order valence-electron chi connectivity index (χ1n) is 11.2. The van der Waals surface area contributed by atoms with Crippen LogP contribution in [0, 0.1) is 6.92 Å². The van der Waals surface area contributed by atoms with Crippen LogP contribution in [0.2, 0.25) is 0 Å². The zero-order chi connectivity index (χ0) is 25.5. The average molecular weight is 565 g/mol. The summed E-state index contributed by atoms with van der Waals surface area (Å²) >= 11 is 5.02. The molecule has 9 heteroatoms. The number of thiazole rings is 1. The number of amides is 1. The Balaban J connectivity index is 1.39. The number of carbonyl (C=O) groups is 1. The topological polar surface area (TPSA) is 84.8 Å². The molecule has 0 unspecified atom stereocenters. The molecule has 0 fully saturated rings. The number of nitrogens with one attached hydrogen (secondary N) is 2. The van der Waals surface area contributed by atoms with Gasteiger partial charge in [0.05, 0.1) is 25.6 Å². The van der Waals surface area contributed by atoms with E-state index in [9.17, 15) is 4.79 Å². The molecule has 3 aromatic carbocycles. The normalized spacial score (nSPS) is 10.9. The third kappa shape index (κ3) is 6.30. The summed E-state index contributed by atoms with van der Waals surface area (Å²) in [4.78, 5) is 17.2. The maximum Gasteiger partial charge on any atom is 0.271 e. The molecular weight excluding hydrogens is 540 g/mol. The smallest absolute Gasteiger partial charge is 0.271 e. The van der Waals surface area contributed by atoms with Gasteiger partial charge >= 0.3 is 0 Å². The molecule has 184 valence electrons. The lowest BCUT2D eigenvalue weighted by Crippen LogP contribution is -2.17. The SMILES string of the molecule is CCOc1cc(/C=N\NC(=O)c2ccc(-c3csc(Nc4ccc(C)cc4)n3)cc2)c(Br)cc1OC. The maximum absolute atomic E-state index is 12.6. The first kappa shape index (κ1) is 25.4. The van der Waals surface area contributed by atoms with Gasteiger partial charge in [0.1, 0.15) is 0 Å². The van der Waals surface area contributed by atoms with E-state index < -0.39 is 0 Å². The Morgan fingerprint density at radius 3 is 2.56 bits per heavy atom. The molecule has 0 aliphatic heterocycles. The van der Waals surface area contributed by atoms with Crippen LogP contribution in [0.4, 0.5) is 10.8 Å². The first-order chi connectivity index (χ1) is 17.5. The van der Waals surface area contributed by atoms with E-state index >= 15 is 0 Å². The number of carbonyl (C=O) groups excluding carboxylic acids is 1. The molecule has 4 rings (SSSR count). The van der Waals surface area contributed by atoms with Crippen molar-refractivity contribution in [3.8, 4) is 22.8 Å². The van der Waals surface area contributed by atoms with Crippen molar-refractivity contribution in [3.63, 3.8) is 0 Å². The van der Waals surface area contributed by atoms with E-state index in [-0.39, 0.29) is 5.91 Å². The highest BCUT2D eigenvalue weighted by atomic mass is 79.9. The van der Waals surface area contributed by atoms with Crippen LogP contribution in [-0.2, 0) is 0 Å². The highest BCUT2D eigenvalue weighted by Gasteiger charge is 2.10. The van der Waals surface area contributed by atoms with Crippen LogP contribution in [0.1, 0.15) is 28.4 Å². The number of ether oxygens (including phenoxy) is 2. The quantitative estimate of drug-likeness (QED) is 0.172. The molecule has 0 radical (unpaired) electrons. The predicted octanol–water partition coefficient (Wildman–Crippen LogP) is 6.80. The fraction of sp³-hybridized carbons (Fsp3) is 0.148. The monoisotopic (exact) mass is 564 g/mol. The minimum absolute atomic E-state index is 0.313. The van der Waals surface area contributed by atoms with E-state index in [1.807, 2.05) is 36.6 Å². The summed E-state index contributed by atoms with van der Waals surface area (Å²) in [5, 5.41) is 10.2. The summed E-state index contributed by atoms with van der Waals surface area (Å²) in [7, 11) is 1.58. The van der Waals surface area contributed by atoms with Gasteiger partial charge in [-0.05, 0) is 66.2 Å². The number of nitrogens with zero attached hydrogens (tertiary/aromatic N) is 2. The Bertz CT molecular complexity index is 1370. The van der Waals surface area contributed by atoms with Crippen LogP contribution < -0.4 is 20.2 Å². The van der Waals surface area contributed by atoms with Crippen molar-refractivity contribution in [2.75, 3.05) is 19.0 Å². The summed E-state index contributed by atoms with van der Waals surface area (Å²) in [6, 6.07) is 19.0. The largest absolute Gasteiger partial charge is 0.493 e. The number of halogens is 1. The van der Waals surface area contributed by atoms with Crippen molar-refractivity contribution < 1.29 is 14.3 Å². The molecule has 2 N–H and O–H groups in total. The van der Waals surface area contributed by atoms with Crippen molar-refractivity contribution >= 4 is 50.2 Å². The highest BCUT2D eigenvalue weighted by Crippen LogP contribution is 2.33. The van der Waals surface area contributed by atoms with Gasteiger partial charge in [-0.25, -0.2) is 10.4 Å². The van der Waals surface area contributed by atoms with E-state index in [0.717, 1.165) is 32.1 Å². The number of hydrazone groups is 1. The van der Waals surface area contributed by atoms with Crippen molar-refractivity contribution in [1.82, 2.24) is 10.4 Å². The predicted molar refractivity (Wildman–Crippen MR) is 149 cm³/mol. The average Bonchev–Trinajstić information content (AvgIpc) is 3.35. The molecule has 7 nitrogen and oxygen atoms in total. The van der Waals surface area contributed by atoms with Crippen LogP contribution >= 0.6 is 27.3 Å². The number of aromatic nitrogens is 1. The summed E-state index contributed by atoms with van der Waals surface area (Å²) in [6.45, 7) is 4.46. The Morgan fingerprint density at radius 2 is 1.86 bits per heavy atom. The third-order valence-corrected chi connectivity index (χ3v) is 6.65. The summed E-state index contributed by atoms with van der Waals surface area (Å²) in [5.41, 5.74) is 7.77. The van der Waals surface area contributed by atoms with Gasteiger partial charge in [-0.3, -0.25) is 4.79 Å². The van der Waals surface area contributed by atoms with Gasteiger partial charge in [-0.1, -0.05) is 29.8 Å². The third-order valence-electron chi connectivity index (χ3n) is 5.20. The zero-order valence-electron chi connectivity index (χ0n) is 20.0. The number of methoxy groups -OCH3 is 1. The van der Waals surface area contributed by atoms with Crippen LogP contribution in [0.25, 0.3) is 11.3 Å². The Hall–Kier alpha value is -3.69. The molecule has 0 aliphatic carbocycles. The standard InChI is InChI=1S/C27H25BrN4O3S/c1-4-35-25-13-20(22(28)14-24(25)34-3)15-29-32-26(33)19-9-7-18(8-10-19)23-16-36-27(31-23)30-21-11-5-17(2)6-12-21/h5-16H,4H2,1-3H3,(H,30,31)(H,32,33)/b29-15-. The van der Waals surface area contributed by atoms with Gasteiger partial charge in [0.25, 0.3) is 5.91 Å². The molecule has 0 bridgehead atoms. The lowest BCUT2D eigenvalue weighted by Gasteiger charge is -2.11. The molecule has 0 spiro atoms. The second-order valence-corrected chi connectivity index (χ2v) is 9.48. The van der Waals surface area contributed by atoms with Gasteiger partial charge in [0.15, 0.2) is 16.6 Å². The first-order valence-corrected chi connectivity index (χ1v) is 12.9. The van der Waals surface area contributed by atoms with Crippen LogP contribution in [0.15, 0.2) is 75.6 Å². The molecule has 0 atom stereocenters. The van der Waals surface area contributed by atoms with Crippen LogP contribution in [0.5, 0.6) is 11.5 Å². The molecule has 0 saturated heterocycles. The number of benzene rings is 3. The Kier molecular flexibility index (Phi) is 8.35. The van der Waals surface area contributed by atoms with Gasteiger partial charge in [0, 0.05) is 32.2 Å². The van der Waals surface area contributed by atoms with Gasteiger partial charge in [-0.15, -0.1) is 11.3 Å². The molecule has 1 aromatic heterocycles. The van der Waals surface area contributed by atoms with Crippen molar-refractivity contribution in [2.45, 2.75) is 13.8 Å². The molecule has 0 aliphatic rings. The number of hydrogen-bond donors (Lipinski definition) is 2. The van der Waals surface area contributed by atoms with E-state index in [0.29, 0.717) is 23.7 Å². The molecule has 36 heavy (non-hydrogen) atoms. The molecule has 4 aromatic rings. The minimum Gasteiger partial charge on any atom is -0.493 e. The van der Waals surface area contributed by atoms with E-state index in [1.54, 1.807) is 37.6 Å². The lowest BCUT2D eigenvalue weighted by molar-refractivity contribution is 0.0955. The minimum atomic E-state index is -0.313.